The highest BCUT2D eigenvalue weighted by Gasteiger charge is 2.27. The Hall–Kier alpha value is -3.15. The van der Waals surface area contributed by atoms with Gasteiger partial charge in [0.2, 0.25) is 0 Å². The number of nitrogens with zero attached hydrogens (tertiary/aromatic N) is 4. The summed E-state index contributed by atoms with van der Waals surface area (Å²) in [6, 6.07) is 4.29. The molecule has 0 spiro atoms. The number of nitro groups is 1. The molecule has 2 amide bonds. The lowest BCUT2D eigenvalue weighted by Gasteiger charge is -2.28. The summed E-state index contributed by atoms with van der Waals surface area (Å²) in [5.74, 6) is -0.804. The number of hydrazine groups is 1. The molecule has 9 nitrogen and oxygen atoms in total. The van der Waals surface area contributed by atoms with Gasteiger partial charge < -0.3 is 5.32 Å². The first-order valence-electron chi connectivity index (χ1n) is 7.63. The molecule has 0 unspecified atom stereocenters. The molecule has 1 N–H and O–H groups in total. The second kappa shape index (κ2) is 8.63. The minimum Gasteiger partial charge on any atom is -0.340 e. The Kier molecular flexibility index (Phi) is 6.87. The first-order valence-corrected chi connectivity index (χ1v) is 7.63. The van der Waals surface area contributed by atoms with Crippen molar-refractivity contribution < 1.29 is 14.5 Å². The SMILES string of the molecule is CC(C)C[C@H](NC(=O)c1ccc([N+](=O)[O-])cc1)C(=O)N(C)N(C)C#N. The maximum atomic E-state index is 12.5. The molecule has 0 fully saturated rings. The van der Waals surface area contributed by atoms with Gasteiger partial charge in [0.05, 0.1) is 4.92 Å². The van der Waals surface area contributed by atoms with Crippen LogP contribution in [0, 0.1) is 27.5 Å². The van der Waals surface area contributed by atoms with Crippen LogP contribution in [0.5, 0.6) is 0 Å². The molecule has 0 aliphatic heterocycles. The zero-order chi connectivity index (χ0) is 19.1. The minimum atomic E-state index is -0.816. The van der Waals surface area contributed by atoms with Crippen molar-refractivity contribution >= 4 is 17.5 Å². The molecular formula is C16H21N5O4. The topological polar surface area (TPSA) is 120 Å². The van der Waals surface area contributed by atoms with E-state index in [1.165, 1.54) is 38.4 Å². The average Bonchev–Trinajstić information content (AvgIpc) is 2.58. The van der Waals surface area contributed by atoms with Gasteiger partial charge in [-0.15, -0.1) is 0 Å². The first kappa shape index (κ1) is 19.9. The Morgan fingerprint density at radius 1 is 1.28 bits per heavy atom. The molecule has 134 valence electrons. The Morgan fingerprint density at radius 3 is 2.28 bits per heavy atom. The van der Waals surface area contributed by atoms with Gasteiger partial charge in [0, 0.05) is 31.8 Å². The molecule has 1 aromatic carbocycles. The number of benzene rings is 1. The van der Waals surface area contributed by atoms with Gasteiger partial charge in [-0.05, 0) is 24.5 Å². The molecule has 1 atom stereocenters. The molecular weight excluding hydrogens is 326 g/mol. The Morgan fingerprint density at radius 2 is 1.84 bits per heavy atom. The third-order valence-electron chi connectivity index (χ3n) is 3.56. The predicted octanol–water partition coefficient (Wildman–Crippen LogP) is 1.53. The van der Waals surface area contributed by atoms with Crippen molar-refractivity contribution in [2.75, 3.05) is 14.1 Å². The Bertz CT molecular complexity index is 681. The summed E-state index contributed by atoms with van der Waals surface area (Å²) in [6.45, 7) is 3.82. The van der Waals surface area contributed by atoms with E-state index in [4.69, 9.17) is 5.26 Å². The van der Waals surface area contributed by atoms with E-state index in [9.17, 15) is 19.7 Å². The van der Waals surface area contributed by atoms with Crippen molar-refractivity contribution in [1.29, 1.82) is 5.26 Å². The molecule has 9 heteroatoms. The second-order valence-corrected chi connectivity index (χ2v) is 5.95. The van der Waals surface area contributed by atoms with E-state index in [2.05, 4.69) is 5.32 Å². The molecule has 0 heterocycles. The van der Waals surface area contributed by atoms with Crippen molar-refractivity contribution in [3.63, 3.8) is 0 Å². The number of non-ortho nitro benzene ring substituents is 1. The number of hydrogen-bond donors (Lipinski definition) is 1. The fourth-order valence-electron chi connectivity index (χ4n) is 2.11. The second-order valence-electron chi connectivity index (χ2n) is 5.95. The van der Waals surface area contributed by atoms with Crippen molar-refractivity contribution in [2.45, 2.75) is 26.3 Å². The predicted molar refractivity (Wildman–Crippen MR) is 90.0 cm³/mol. The summed E-state index contributed by atoms with van der Waals surface area (Å²) in [5.41, 5.74) is 0.0881. The van der Waals surface area contributed by atoms with Gasteiger partial charge in [0.1, 0.15) is 6.04 Å². The van der Waals surface area contributed by atoms with Crippen LogP contribution in [0.1, 0.15) is 30.6 Å². The van der Waals surface area contributed by atoms with E-state index in [-0.39, 0.29) is 17.2 Å². The molecule has 1 aromatic rings. The average molecular weight is 347 g/mol. The van der Waals surface area contributed by atoms with E-state index < -0.39 is 22.8 Å². The molecule has 0 aliphatic rings. The normalized spacial score (nSPS) is 11.4. The molecule has 0 aromatic heterocycles. The highest BCUT2D eigenvalue weighted by molar-refractivity contribution is 5.97. The van der Waals surface area contributed by atoms with Crippen LogP contribution < -0.4 is 5.32 Å². The van der Waals surface area contributed by atoms with E-state index >= 15 is 0 Å². The van der Waals surface area contributed by atoms with Crippen LogP contribution in [-0.2, 0) is 4.79 Å². The maximum absolute atomic E-state index is 12.5. The van der Waals surface area contributed by atoms with E-state index in [0.29, 0.717) is 6.42 Å². The Labute approximate surface area is 145 Å². The van der Waals surface area contributed by atoms with E-state index in [1.807, 2.05) is 20.0 Å². The maximum Gasteiger partial charge on any atom is 0.269 e. The summed E-state index contributed by atoms with van der Waals surface area (Å²) in [4.78, 5) is 35.0. The molecule has 0 aliphatic carbocycles. The molecule has 0 saturated carbocycles. The lowest BCUT2D eigenvalue weighted by Crippen LogP contribution is -2.51. The molecule has 1 rings (SSSR count). The monoisotopic (exact) mass is 347 g/mol. The van der Waals surface area contributed by atoms with Gasteiger partial charge in [0.25, 0.3) is 17.5 Å². The highest BCUT2D eigenvalue weighted by Crippen LogP contribution is 2.13. The smallest absolute Gasteiger partial charge is 0.269 e. The zero-order valence-corrected chi connectivity index (χ0v) is 14.6. The van der Waals surface area contributed by atoms with Crippen LogP contribution in [0.2, 0.25) is 0 Å². The zero-order valence-electron chi connectivity index (χ0n) is 14.6. The Balaban J connectivity index is 2.94. The summed E-state index contributed by atoms with van der Waals surface area (Å²) in [6.07, 6.45) is 2.21. The number of rotatable bonds is 7. The largest absolute Gasteiger partial charge is 0.340 e. The van der Waals surface area contributed by atoms with Gasteiger partial charge in [-0.3, -0.25) is 19.7 Å². The fraction of sp³-hybridized carbons (Fsp3) is 0.438. The standard InChI is InChI=1S/C16H21N5O4/c1-11(2)9-14(16(23)20(4)19(3)10-17)18-15(22)12-5-7-13(8-6-12)21(24)25/h5-8,11,14H,9H2,1-4H3,(H,18,22)/t14-/m0/s1. The number of hydrogen-bond acceptors (Lipinski definition) is 6. The number of carbonyl (C=O) groups is 2. The van der Waals surface area contributed by atoms with Crippen molar-refractivity contribution in [2.24, 2.45) is 5.92 Å². The summed E-state index contributed by atoms with van der Waals surface area (Å²) in [7, 11) is 2.87. The van der Waals surface area contributed by atoms with Crippen LogP contribution in [0.4, 0.5) is 5.69 Å². The van der Waals surface area contributed by atoms with Gasteiger partial charge in [-0.2, -0.15) is 5.26 Å². The number of likely N-dealkylation sites (N-methyl/N-ethyl adjacent to an activating group) is 1. The van der Waals surface area contributed by atoms with Crippen LogP contribution >= 0.6 is 0 Å². The number of nitriles is 1. The van der Waals surface area contributed by atoms with Crippen molar-refractivity contribution in [3.8, 4) is 6.19 Å². The molecule has 0 bridgehead atoms. The summed E-state index contributed by atoms with van der Waals surface area (Å²) < 4.78 is 0. The molecule has 0 saturated heterocycles. The molecule has 0 radical (unpaired) electrons. The van der Waals surface area contributed by atoms with Gasteiger partial charge in [0.15, 0.2) is 6.19 Å². The van der Waals surface area contributed by atoms with Crippen LogP contribution in [0.3, 0.4) is 0 Å². The van der Waals surface area contributed by atoms with Crippen molar-refractivity contribution in [1.82, 2.24) is 15.3 Å². The third kappa shape index (κ3) is 5.46. The number of nitro benzene ring substituents is 1. The van der Waals surface area contributed by atoms with Crippen LogP contribution in [0.15, 0.2) is 24.3 Å². The van der Waals surface area contributed by atoms with Crippen molar-refractivity contribution in [3.05, 3.63) is 39.9 Å². The summed E-state index contributed by atoms with van der Waals surface area (Å²) >= 11 is 0. The number of nitrogens with one attached hydrogen (secondary N) is 1. The lowest BCUT2D eigenvalue weighted by molar-refractivity contribution is -0.384. The third-order valence-corrected chi connectivity index (χ3v) is 3.56. The summed E-state index contributed by atoms with van der Waals surface area (Å²) in [5, 5.41) is 24.4. The highest BCUT2D eigenvalue weighted by atomic mass is 16.6. The van der Waals surface area contributed by atoms with Crippen LogP contribution in [-0.4, -0.2) is 46.9 Å². The quantitative estimate of drug-likeness (QED) is 0.346. The number of amides is 2. The van der Waals surface area contributed by atoms with Gasteiger partial charge in [-0.25, -0.2) is 10.0 Å². The van der Waals surface area contributed by atoms with Gasteiger partial charge in [-0.1, -0.05) is 13.8 Å². The minimum absolute atomic E-state index is 0.123. The van der Waals surface area contributed by atoms with E-state index in [1.54, 1.807) is 0 Å². The number of carbonyl (C=O) groups excluding carboxylic acids is 2. The van der Waals surface area contributed by atoms with E-state index in [0.717, 1.165) is 10.0 Å². The fourth-order valence-corrected chi connectivity index (χ4v) is 2.11. The molecule has 25 heavy (non-hydrogen) atoms. The first-order chi connectivity index (χ1) is 11.7. The van der Waals surface area contributed by atoms with Gasteiger partial charge >= 0.3 is 0 Å². The van der Waals surface area contributed by atoms with Crippen LogP contribution in [0.25, 0.3) is 0 Å². The lowest BCUT2D eigenvalue weighted by atomic mass is 10.0.